The van der Waals surface area contributed by atoms with E-state index in [1.165, 1.54) is 16.7 Å². The zero-order chi connectivity index (χ0) is 10.4. The Labute approximate surface area is 104 Å². The summed E-state index contributed by atoms with van der Waals surface area (Å²) in [5, 5.41) is 0. The maximum atomic E-state index is 4.96. The van der Waals surface area contributed by atoms with Crippen molar-refractivity contribution in [1.82, 2.24) is 0 Å². The molecule has 0 heterocycles. The van der Waals surface area contributed by atoms with E-state index in [0.717, 1.165) is 6.42 Å². The van der Waals surface area contributed by atoms with Crippen LogP contribution in [0.2, 0.25) is 0 Å². The Hall–Kier alpha value is 0.410. The molecule has 0 saturated carbocycles. The summed E-state index contributed by atoms with van der Waals surface area (Å²) in [4.78, 5) is 0. The van der Waals surface area contributed by atoms with Gasteiger partial charge < -0.3 is 0 Å². The SMILES string of the molecule is CCC1=Cc2ccccc2[CH]1.[Cl][Hf][Cl]. The molecular formula is C11H11Cl2Hf. The van der Waals surface area contributed by atoms with Crippen LogP contribution in [0.15, 0.2) is 29.8 Å². The standard InChI is InChI=1S/C11H11.2ClH.Hf/c1-2-9-7-10-5-3-4-6-11(10)8-9;;;/h3-8H,2H2,1H3;2*1H;/q;;;+2/p-2. The quantitative estimate of drug-likeness (QED) is 0.621. The molecule has 0 amide bonds. The molecule has 1 radical (unpaired) electrons. The van der Waals surface area contributed by atoms with E-state index < -0.39 is 20.5 Å². The molecular weight excluding hydrogens is 382 g/mol. The Morgan fingerprint density at radius 2 is 1.71 bits per heavy atom. The Balaban J connectivity index is 0.000000293. The monoisotopic (exact) mass is 393 g/mol. The van der Waals surface area contributed by atoms with Crippen LogP contribution in [0.1, 0.15) is 24.5 Å². The van der Waals surface area contributed by atoms with Crippen molar-refractivity contribution in [2.45, 2.75) is 13.3 Å². The summed E-state index contributed by atoms with van der Waals surface area (Å²) in [5.41, 5.74) is 4.17. The second kappa shape index (κ2) is 6.81. The molecule has 0 N–H and O–H groups in total. The van der Waals surface area contributed by atoms with Gasteiger partial charge in [-0.25, -0.2) is 0 Å². The molecule has 0 unspecified atom stereocenters. The summed E-state index contributed by atoms with van der Waals surface area (Å²) in [6.07, 6.45) is 5.65. The average Bonchev–Trinajstić information content (AvgIpc) is 2.61. The molecule has 0 bridgehead atoms. The minimum absolute atomic E-state index is 0.972. The first-order valence-corrected chi connectivity index (χ1v) is 13.3. The molecule has 0 nitrogen and oxygen atoms in total. The average molecular weight is 393 g/mol. The van der Waals surface area contributed by atoms with Gasteiger partial charge in [0.1, 0.15) is 0 Å². The molecule has 1 aliphatic rings. The molecule has 0 fully saturated rings. The van der Waals surface area contributed by atoms with Gasteiger partial charge in [0.2, 0.25) is 0 Å². The summed E-state index contributed by atoms with van der Waals surface area (Å²) in [5.74, 6) is 0. The van der Waals surface area contributed by atoms with E-state index in [4.69, 9.17) is 17.2 Å². The summed E-state index contributed by atoms with van der Waals surface area (Å²) in [6, 6.07) is 8.49. The van der Waals surface area contributed by atoms with Crippen LogP contribution in [0.3, 0.4) is 0 Å². The fourth-order valence-corrected chi connectivity index (χ4v) is 1.42. The van der Waals surface area contributed by atoms with Crippen molar-refractivity contribution < 1.29 is 20.5 Å². The van der Waals surface area contributed by atoms with Gasteiger partial charge in [0.15, 0.2) is 0 Å². The number of hydrogen-bond acceptors (Lipinski definition) is 0. The Kier molecular flexibility index (Phi) is 6.07. The van der Waals surface area contributed by atoms with Gasteiger partial charge in [-0.3, -0.25) is 0 Å². The number of halogens is 2. The summed E-state index contributed by atoms with van der Waals surface area (Å²) in [7, 11) is 9.92. The van der Waals surface area contributed by atoms with Crippen molar-refractivity contribution in [3.8, 4) is 0 Å². The van der Waals surface area contributed by atoms with Crippen molar-refractivity contribution in [2.24, 2.45) is 0 Å². The first kappa shape index (κ1) is 12.5. The fourth-order valence-electron chi connectivity index (χ4n) is 1.42. The zero-order valence-corrected chi connectivity index (χ0v) is 13.0. The van der Waals surface area contributed by atoms with Crippen molar-refractivity contribution in [3.05, 3.63) is 47.4 Å². The van der Waals surface area contributed by atoms with Gasteiger partial charge in [0.25, 0.3) is 0 Å². The van der Waals surface area contributed by atoms with Gasteiger partial charge in [0.05, 0.1) is 0 Å². The van der Waals surface area contributed by atoms with Gasteiger partial charge in [0, 0.05) is 6.42 Å². The Morgan fingerprint density at radius 3 is 2.21 bits per heavy atom. The van der Waals surface area contributed by atoms with E-state index in [0.29, 0.717) is 0 Å². The zero-order valence-electron chi connectivity index (χ0n) is 7.93. The number of benzene rings is 1. The summed E-state index contributed by atoms with van der Waals surface area (Å²) < 4.78 is 0. The topological polar surface area (TPSA) is 0 Å². The number of allylic oxidation sites excluding steroid dienone is 1. The summed E-state index contributed by atoms with van der Waals surface area (Å²) >= 11 is -0.972. The molecule has 2 rings (SSSR count). The molecule has 0 saturated heterocycles. The van der Waals surface area contributed by atoms with E-state index in [1.54, 1.807) is 0 Å². The molecule has 1 aliphatic carbocycles. The predicted octanol–water partition coefficient (Wildman–Crippen LogP) is 4.42. The third-order valence-corrected chi connectivity index (χ3v) is 2.09. The third-order valence-electron chi connectivity index (χ3n) is 2.09. The molecule has 0 spiro atoms. The van der Waals surface area contributed by atoms with Crippen LogP contribution in [-0.2, 0) is 20.5 Å². The second-order valence-corrected chi connectivity index (χ2v) is 8.11. The fraction of sp³-hybridized carbons (Fsp3) is 0.182. The van der Waals surface area contributed by atoms with Crippen LogP contribution in [0, 0.1) is 6.42 Å². The number of hydrogen-bond donors (Lipinski definition) is 0. The van der Waals surface area contributed by atoms with Gasteiger partial charge >= 0.3 is 37.7 Å². The normalized spacial score (nSPS) is 12.4. The molecule has 1 aromatic rings. The molecule has 0 aromatic heterocycles. The van der Waals surface area contributed by atoms with Crippen LogP contribution in [0.5, 0.6) is 0 Å². The van der Waals surface area contributed by atoms with E-state index in [1.807, 2.05) is 0 Å². The second-order valence-electron chi connectivity index (χ2n) is 2.92. The Bertz CT molecular complexity index is 321. The number of rotatable bonds is 1. The first-order valence-electron chi connectivity index (χ1n) is 4.42. The van der Waals surface area contributed by atoms with Crippen molar-refractivity contribution in [3.63, 3.8) is 0 Å². The van der Waals surface area contributed by atoms with Gasteiger partial charge in [-0.15, -0.1) is 0 Å². The number of fused-ring (bicyclic) bond motifs is 1. The molecule has 0 atom stereocenters. The van der Waals surface area contributed by atoms with Crippen molar-refractivity contribution in [1.29, 1.82) is 0 Å². The van der Waals surface area contributed by atoms with Crippen LogP contribution in [0.4, 0.5) is 0 Å². The van der Waals surface area contributed by atoms with Crippen LogP contribution >= 0.6 is 17.2 Å². The van der Waals surface area contributed by atoms with E-state index in [2.05, 4.69) is 43.7 Å². The minimum atomic E-state index is -0.972. The van der Waals surface area contributed by atoms with Crippen molar-refractivity contribution in [2.75, 3.05) is 0 Å². The Morgan fingerprint density at radius 1 is 1.14 bits per heavy atom. The predicted molar refractivity (Wildman–Crippen MR) is 59.8 cm³/mol. The molecule has 1 aromatic carbocycles. The van der Waals surface area contributed by atoms with Gasteiger partial charge in [-0.1, -0.05) is 42.8 Å². The van der Waals surface area contributed by atoms with E-state index >= 15 is 0 Å². The first-order chi connectivity index (χ1) is 6.81. The summed E-state index contributed by atoms with van der Waals surface area (Å²) in [6.45, 7) is 2.19. The van der Waals surface area contributed by atoms with E-state index in [9.17, 15) is 0 Å². The van der Waals surface area contributed by atoms with Crippen LogP contribution < -0.4 is 0 Å². The maximum absolute atomic E-state index is 4.96. The van der Waals surface area contributed by atoms with Crippen LogP contribution in [0.25, 0.3) is 6.08 Å². The van der Waals surface area contributed by atoms with E-state index in [-0.39, 0.29) is 0 Å². The molecule has 0 aliphatic heterocycles. The van der Waals surface area contributed by atoms with Crippen molar-refractivity contribution >= 4 is 23.2 Å². The van der Waals surface area contributed by atoms with Gasteiger partial charge in [-0.05, 0) is 17.5 Å². The third kappa shape index (κ3) is 3.52. The molecule has 73 valence electrons. The van der Waals surface area contributed by atoms with Crippen LogP contribution in [-0.4, -0.2) is 0 Å². The van der Waals surface area contributed by atoms with Gasteiger partial charge in [-0.2, -0.15) is 0 Å². The molecule has 14 heavy (non-hydrogen) atoms. The molecule has 3 heteroatoms.